The molecule has 3 nitrogen and oxygen atoms in total. The third kappa shape index (κ3) is 4.20. The van der Waals surface area contributed by atoms with E-state index in [4.69, 9.17) is 11.6 Å². The molecule has 0 aliphatic heterocycles. The van der Waals surface area contributed by atoms with Crippen LogP contribution in [-0.2, 0) is 6.42 Å². The molecule has 0 aromatic carbocycles. The van der Waals surface area contributed by atoms with Crippen molar-refractivity contribution in [3.05, 3.63) is 23.2 Å². The predicted octanol–water partition coefficient (Wildman–Crippen LogP) is 1.62. The van der Waals surface area contributed by atoms with Gasteiger partial charge in [-0.1, -0.05) is 11.6 Å². The lowest BCUT2D eigenvalue weighted by Crippen LogP contribution is -2.13. The number of hydrogen-bond acceptors (Lipinski definition) is 3. The van der Waals surface area contributed by atoms with Crippen molar-refractivity contribution in [1.29, 1.82) is 0 Å². The van der Waals surface area contributed by atoms with E-state index in [-0.39, 0.29) is 0 Å². The van der Waals surface area contributed by atoms with Gasteiger partial charge in [0.1, 0.15) is 5.15 Å². The Morgan fingerprint density at radius 1 is 1.38 bits per heavy atom. The summed E-state index contributed by atoms with van der Waals surface area (Å²) in [6, 6.07) is 0. The fraction of sp³-hybridized carbons (Fsp3) is 0.556. The summed E-state index contributed by atoms with van der Waals surface area (Å²) in [4.78, 5) is 10.3. The van der Waals surface area contributed by atoms with Crippen LogP contribution in [0.1, 0.15) is 12.1 Å². The third-order valence-electron chi connectivity index (χ3n) is 1.69. The molecule has 1 aromatic heterocycles. The van der Waals surface area contributed by atoms with E-state index >= 15 is 0 Å². The highest BCUT2D eigenvalue weighted by atomic mass is 35.5. The summed E-state index contributed by atoms with van der Waals surface area (Å²) in [6.45, 7) is 1.06. The van der Waals surface area contributed by atoms with Gasteiger partial charge in [0, 0.05) is 6.20 Å². The van der Waals surface area contributed by atoms with Crippen LogP contribution in [0, 0.1) is 0 Å². The molecule has 1 heterocycles. The molecule has 0 bridgehead atoms. The van der Waals surface area contributed by atoms with Crippen molar-refractivity contribution in [2.24, 2.45) is 0 Å². The Labute approximate surface area is 83.8 Å². The predicted molar refractivity (Wildman–Crippen MR) is 53.9 cm³/mol. The number of hydrogen-bond donors (Lipinski definition) is 0. The Morgan fingerprint density at radius 2 is 2.15 bits per heavy atom. The molecule has 13 heavy (non-hydrogen) atoms. The minimum absolute atomic E-state index is 0.474. The van der Waals surface area contributed by atoms with Gasteiger partial charge in [0.2, 0.25) is 0 Å². The Balaban J connectivity index is 2.37. The first-order valence-corrected chi connectivity index (χ1v) is 4.67. The molecule has 0 amide bonds. The van der Waals surface area contributed by atoms with Gasteiger partial charge in [-0.2, -0.15) is 0 Å². The minimum Gasteiger partial charge on any atom is -0.309 e. The maximum absolute atomic E-state index is 5.70. The maximum Gasteiger partial charge on any atom is 0.147 e. The first-order chi connectivity index (χ1) is 6.18. The van der Waals surface area contributed by atoms with E-state index in [9.17, 15) is 0 Å². The number of rotatable bonds is 4. The zero-order chi connectivity index (χ0) is 9.68. The standard InChI is InChI=1S/C9H14ClN3/c1-13(2)5-3-4-8-6-11-7-9(10)12-8/h6-7H,3-5H2,1-2H3. The number of aromatic nitrogens is 2. The molecule has 0 aliphatic rings. The van der Waals surface area contributed by atoms with E-state index in [2.05, 4.69) is 29.0 Å². The highest BCUT2D eigenvalue weighted by molar-refractivity contribution is 6.29. The smallest absolute Gasteiger partial charge is 0.147 e. The van der Waals surface area contributed by atoms with Crippen LogP contribution in [0.2, 0.25) is 5.15 Å². The average Bonchev–Trinajstić information content (AvgIpc) is 2.03. The quantitative estimate of drug-likeness (QED) is 0.738. The Kier molecular flexibility index (Phi) is 4.12. The largest absolute Gasteiger partial charge is 0.309 e. The van der Waals surface area contributed by atoms with Crippen LogP contribution >= 0.6 is 11.6 Å². The summed E-state index contributed by atoms with van der Waals surface area (Å²) in [5, 5.41) is 0.474. The Bertz CT molecular complexity index is 263. The normalized spacial score (nSPS) is 10.8. The van der Waals surface area contributed by atoms with E-state index < -0.39 is 0 Å². The van der Waals surface area contributed by atoms with Crippen molar-refractivity contribution in [3.63, 3.8) is 0 Å². The van der Waals surface area contributed by atoms with Crippen LogP contribution in [0.15, 0.2) is 12.4 Å². The SMILES string of the molecule is CN(C)CCCc1cncc(Cl)n1. The summed E-state index contributed by atoms with van der Waals surface area (Å²) in [5.74, 6) is 0. The van der Waals surface area contributed by atoms with Crippen molar-refractivity contribution < 1.29 is 0 Å². The second kappa shape index (κ2) is 5.14. The van der Waals surface area contributed by atoms with Gasteiger partial charge in [0.25, 0.3) is 0 Å². The molecule has 0 N–H and O–H groups in total. The molecule has 0 radical (unpaired) electrons. The van der Waals surface area contributed by atoms with E-state index in [1.807, 2.05) is 0 Å². The lowest BCUT2D eigenvalue weighted by Gasteiger charge is -2.08. The van der Waals surface area contributed by atoms with Crippen LogP contribution in [0.5, 0.6) is 0 Å². The summed E-state index contributed by atoms with van der Waals surface area (Å²) in [5.41, 5.74) is 0.967. The topological polar surface area (TPSA) is 29.0 Å². The summed E-state index contributed by atoms with van der Waals surface area (Å²) in [6.07, 6.45) is 5.34. The number of nitrogens with zero attached hydrogens (tertiary/aromatic N) is 3. The molecule has 0 aliphatic carbocycles. The van der Waals surface area contributed by atoms with Gasteiger partial charge < -0.3 is 4.90 Å². The van der Waals surface area contributed by atoms with Gasteiger partial charge in [0.05, 0.1) is 11.9 Å². The van der Waals surface area contributed by atoms with Crippen LogP contribution in [0.3, 0.4) is 0 Å². The Morgan fingerprint density at radius 3 is 2.77 bits per heavy atom. The molecule has 0 saturated heterocycles. The lowest BCUT2D eigenvalue weighted by molar-refractivity contribution is 0.399. The summed E-state index contributed by atoms with van der Waals surface area (Å²) in [7, 11) is 4.12. The van der Waals surface area contributed by atoms with E-state index in [1.165, 1.54) is 0 Å². The summed E-state index contributed by atoms with van der Waals surface area (Å²) < 4.78 is 0. The first kappa shape index (κ1) is 10.4. The fourth-order valence-corrected chi connectivity index (χ4v) is 1.24. The van der Waals surface area contributed by atoms with Crippen LogP contribution in [0.4, 0.5) is 0 Å². The first-order valence-electron chi connectivity index (χ1n) is 4.29. The van der Waals surface area contributed by atoms with Gasteiger partial charge in [-0.05, 0) is 33.5 Å². The fourth-order valence-electron chi connectivity index (χ4n) is 1.08. The lowest BCUT2D eigenvalue weighted by atomic mass is 10.2. The Hall–Kier alpha value is -0.670. The number of halogens is 1. The number of aryl methyl sites for hydroxylation is 1. The summed E-state index contributed by atoms with van der Waals surface area (Å²) >= 11 is 5.70. The molecule has 72 valence electrons. The highest BCUT2D eigenvalue weighted by Crippen LogP contribution is 2.04. The maximum atomic E-state index is 5.70. The molecule has 0 fully saturated rings. The monoisotopic (exact) mass is 199 g/mol. The molecular weight excluding hydrogens is 186 g/mol. The molecule has 0 unspecified atom stereocenters. The van der Waals surface area contributed by atoms with Gasteiger partial charge in [-0.3, -0.25) is 4.98 Å². The van der Waals surface area contributed by atoms with E-state index in [0.717, 1.165) is 25.1 Å². The second-order valence-electron chi connectivity index (χ2n) is 3.24. The van der Waals surface area contributed by atoms with Crippen molar-refractivity contribution in [3.8, 4) is 0 Å². The van der Waals surface area contributed by atoms with Gasteiger partial charge >= 0.3 is 0 Å². The van der Waals surface area contributed by atoms with E-state index in [1.54, 1.807) is 12.4 Å². The van der Waals surface area contributed by atoms with Crippen LogP contribution in [-0.4, -0.2) is 35.5 Å². The molecule has 1 aromatic rings. The van der Waals surface area contributed by atoms with Crippen LogP contribution < -0.4 is 0 Å². The van der Waals surface area contributed by atoms with Gasteiger partial charge in [-0.15, -0.1) is 0 Å². The van der Waals surface area contributed by atoms with Crippen molar-refractivity contribution in [2.45, 2.75) is 12.8 Å². The van der Waals surface area contributed by atoms with Crippen molar-refractivity contribution in [2.75, 3.05) is 20.6 Å². The van der Waals surface area contributed by atoms with Gasteiger partial charge in [-0.25, -0.2) is 4.98 Å². The zero-order valence-corrected chi connectivity index (χ0v) is 8.75. The van der Waals surface area contributed by atoms with E-state index in [0.29, 0.717) is 5.15 Å². The third-order valence-corrected chi connectivity index (χ3v) is 1.88. The minimum atomic E-state index is 0.474. The van der Waals surface area contributed by atoms with Gasteiger partial charge in [0.15, 0.2) is 0 Å². The molecule has 0 spiro atoms. The molecule has 0 atom stereocenters. The second-order valence-corrected chi connectivity index (χ2v) is 3.63. The molecular formula is C9H14ClN3. The van der Waals surface area contributed by atoms with Crippen molar-refractivity contribution in [1.82, 2.24) is 14.9 Å². The average molecular weight is 200 g/mol. The molecule has 1 rings (SSSR count). The molecule has 4 heteroatoms. The zero-order valence-electron chi connectivity index (χ0n) is 8.00. The molecule has 0 saturated carbocycles. The van der Waals surface area contributed by atoms with Crippen LogP contribution in [0.25, 0.3) is 0 Å². The highest BCUT2D eigenvalue weighted by Gasteiger charge is 1.97. The van der Waals surface area contributed by atoms with Crippen molar-refractivity contribution >= 4 is 11.6 Å².